The van der Waals surface area contributed by atoms with E-state index in [1.807, 2.05) is 0 Å². The molecular weight excluding hydrogens is 186 g/mol. The van der Waals surface area contributed by atoms with Gasteiger partial charge in [-0.05, 0) is 12.1 Å². The number of phenols is 1. The van der Waals surface area contributed by atoms with Gasteiger partial charge in [0.2, 0.25) is 0 Å². The molecule has 0 saturated carbocycles. The van der Waals surface area contributed by atoms with Crippen LogP contribution in [0.3, 0.4) is 0 Å². The fraction of sp³-hybridized carbons (Fsp3) is 0.111. The highest BCUT2D eigenvalue weighted by Gasteiger charge is 2.17. The average molecular weight is 195 g/mol. The van der Waals surface area contributed by atoms with Gasteiger partial charge in [0.05, 0.1) is 12.7 Å². The predicted octanol–water partition coefficient (Wildman–Crippen LogP) is 0.743. The summed E-state index contributed by atoms with van der Waals surface area (Å²) in [5.41, 5.74) is -0.201. The number of carbonyl (C=O) groups is 1. The van der Waals surface area contributed by atoms with Gasteiger partial charge in [-0.15, -0.1) is 0 Å². The molecule has 74 valence electrons. The summed E-state index contributed by atoms with van der Waals surface area (Å²) in [5.74, 6) is -0.959. The average Bonchev–Trinajstić information content (AvgIpc) is 2.21. The van der Waals surface area contributed by atoms with E-state index < -0.39 is 5.97 Å². The molecule has 0 atom stereocenters. The van der Waals surface area contributed by atoms with Gasteiger partial charge >= 0.3 is 5.97 Å². The number of rotatable bonds is 2. The highest BCUT2D eigenvalue weighted by atomic mass is 16.5. The minimum atomic E-state index is -0.811. The van der Waals surface area contributed by atoms with E-state index in [4.69, 9.17) is 5.21 Å². The Labute approximate surface area is 80.2 Å². The van der Waals surface area contributed by atoms with E-state index >= 15 is 0 Å². The maximum absolute atomic E-state index is 11.1. The van der Waals surface area contributed by atoms with Crippen molar-refractivity contribution in [2.75, 3.05) is 7.11 Å². The molecule has 0 heterocycles. The van der Waals surface area contributed by atoms with E-state index in [-0.39, 0.29) is 17.0 Å². The molecule has 0 saturated heterocycles. The van der Waals surface area contributed by atoms with Gasteiger partial charge in [0.25, 0.3) is 0 Å². The Balaban J connectivity index is 3.15. The van der Waals surface area contributed by atoms with Gasteiger partial charge in [0, 0.05) is 0 Å². The molecule has 14 heavy (non-hydrogen) atoms. The molecule has 0 aliphatic carbocycles. The van der Waals surface area contributed by atoms with E-state index in [0.717, 1.165) is 7.11 Å². The third kappa shape index (κ3) is 1.82. The molecule has 1 rings (SSSR count). The summed E-state index contributed by atoms with van der Waals surface area (Å²) in [7, 11) is 1.16. The molecule has 0 radical (unpaired) electrons. The van der Waals surface area contributed by atoms with Crippen molar-refractivity contribution in [2.45, 2.75) is 0 Å². The summed E-state index contributed by atoms with van der Waals surface area (Å²) in [5, 5.41) is 20.7. The predicted molar refractivity (Wildman–Crippen MR) is 48.4 cm³/mol. The molecule has 0 amide bonds. The maximum Gasteiger partial charge on any atom is 0.360 e. The first kappa shape index (κ1) is 10.0. The standard InChI is InChI=1S/C9H9NO4/c1-14-9(12)8(10-13)6-4-2-3-5-7(6)11/h2-5,11,13H,1H3/b10-8+. The van der Waals surface area contributed by atoms with Gasteiger partial charge in [-0.25, -0.2) is 4.79 Å². The number of nitrogens with zero attached hydrogens (tertiary/aromatic N) is 1. The number of para-hydroxylation sites is 1. The molecule has 0 aromatic heterocycles. The van der Waals surface area contributed by atoms with Crippen LogP contribution >= 0.6 is 0 Å². The molecule has 5 heteroatoms. The van der Waals surface area contributed by atoms with Gasteiger partial charge in [-0.1, -0.05) is 17.3 Å². The third-order valence-electron chi connectivity index (χ3n) is 1.64. The zero-order valence-electron chi connectivity index (χ0n) is 7.47. The largest absolute Gasteiger partial charge is 0.507 e. The van der Waals surface area contributed by atoms with E-state index in [9.17, 15) is 9.90 Å². The molecule has 1 aromatic rings. The monoisotopic (exact) mass is 195 g/mol. The Bertz CT molecular complexity index is 373. The zero-order chi connectivity index (χ0) is 10.6. The number of esters is 1. The smallest absolute Gasteiger partial charge is 0.360 e. The Morgan fingerprint density at radius 1 is 1.43 bits per heavy atom. The highest BCUT2D eigenvalue weighted by Crippen LogP contribution is 2.16. The number of aromatic hydroxyl groups is 1. The van der Waals surface area contributed by atoms with E-state index in [1.54, 1.807) is 12.1 Å². The zero-order valence-corrected chi connectivity index (χ0v) is 7.47. The van der Waals surface area contributed by atoms with E-state index in [0.29, 0.717) is 0 Å². The van der Waals surface area contributed by atoms with Crippen molar-refractivity contribution in [2.24, 2.45) is 5.16 Å². The van der Waals surface area contributed by atoms with Gasteiger partial charge < -0.3 is 15.1 Å². The number of hydrogen-bond donors (Lipinski definition) is 2. The molecule has 5 nitrogen and oxygen atoms in total. The second-order valence-corrected chi connectivity index (χ2v) is 2.46. The number of methoxy groups -OCH3 is 1. The molecule has 0 unspecified atom stereocenters. The highest BCUT2D eigenvalue weighted by molar-refractivity contribution is 6.43. The maximum atomic E-state index is 11.1. The van der Waals surface area contributed by atoms with Crippen molar-refractivity contribution in [3.63, 3.8) is 0 Å². The van der Waals surface area contributed by atoms with Crippen LogP contribution in [0.5, 0.6) is 5.75 Å². The lowest BCUT2D eigenvalue weighted by Crippen LogP contribution is -2.17. The molecule has 0 bridgehead atoms. The Morgan fingerprint density at radius 2 is 2.07 bits per heavy atom. The molecule has 0 spiro atoms. The molecule has 0 aliphatic rings. The van der Waals surface area contributed by atoms with Crippen LogP contribution in [-0.2, 0) is 9.53 Å². The first-order valence-corrected chi connectivity index (χ1v) is 3.79. The molecule has 0 fully saturated rings. The first-order valence-electron chi connectivity index (χ1n) is 3.79. The van der Waals surface area contributed by atoms with Crippen LogP contribution < -0.4 is 0 Å². The lowest BCUT2D eigenvalue weighted by Gasteiger charge is -2.03. The van der Waals surface area contributed by atoms with Gasteiger partial charge in [0.1, 0.15) is 5.75 Å². The summed E-state index contributed by atoms with van der Waals surface area (Å²) in [6.45, 7) is 0. The van der Waals surface area contributed by atoms with Crippen LogP contribution in [0.15, 0.2) is 29.4 Å². The number of carbonyl (C=O) groups excluding carboxylic acids is 1. The van der Waals surface area contributed by atoms with Crippen molar-refractivity contribution in [1.29, 1.82) is 0 Å². The van der Waals surface area contributed by atoms with E-state index in [2.05, 4.69) is 9.89 Å². The lowest BCUT2D eigenvalue weighted by molar-refractivity contribution is -0.132. The Morgan fingerprint density at radius 3 is 2.57 bits per heavy atom. The normalized spacial score (nSPS) is 11.1. The SMILES string of the molecule is COC(=O)/C(=N/O)c1ccccc1O. The van der Waals surface area contributed by atoms with Crippen molar-refractivity contribution in [3.05, 3.63) is 29.8 Å². The number of ether oxygens (including phenoxy) is 1. The van der Waals surface area contributed by atoms with Crippen LogP contribution in [0.4, 0.5) is 0 Å². The van der Waals surface area contributed by atoms with Crippen molar-refractivity contribution >= 4 is 11.7 Å². The third-order valence-corrected chi connectivity index (χ3v) is 1.64. The second-order valence-electron chi connectivity index (χ2n) is 2.46. The topological polar surface area (TPSA) is 79.1 Å². The number of hydrogen-bond acceptors (Lipinski definition) is 5. The molecule has 2 N–H and O–H groups in total. The summed E-state index contributed by atoms with van der Waals surface area (Å²) < 4.78 is 4.37. The van der Waals surface area contributed by atoms with Crippen LogP contribution in [0.2, 0.25) is 0 Å². The lowest BCUT2D eigenvalue weighted by atomic mass is 10.1. The molecule has 1 aromatic carbocycles. The van der Waals surface area contributed by atoms with Gasteiger partial charge in [0.15, 0.2) is 5.71 Å². The van der Waals surface area contributed by atoms with Crippen LogP contribution in [-0.4, -0.2) is 29.1 Å². The Hall–Kier alpha value is -2.04. The number of phenolic OH excluding ortho intramolecular Hbond substituents is 1. The van der Waals surface area contributed by atoms with Crippen LogP contribution in [0.1, 0.15) is 5.56 Å². The molecular formula is C9H9NO4. The minimum absolute atomic E-state index is 0.127. The fourth-order valence-electron chi connectivity index (χ4n) is 0.975. The summed E-state index contributed by atoms with van der Waals surface area (Å²) in [4.78, 5) is 11.1. The second kappa shape index (κ2) is 4.27. The number of benzene rings is 1. The Kier molecular flexibility index (Phi) is 3.06. The summed E-state index contributed by atoms with van der Waals surface area (Å²) in [6, 6.07) is 6.01. The van der Waals surface area contributed by atoms with Gasteiger partial charge in [-0.3, -0.25) is 0 Å². The minimum Gasteiger partial charge on any atom is -0.507 e. The summed E-state index contributed by atoms with van der Waals surface area (Å²) >= 11 is 0. The van der Waals surface area contributed by atoms with Crippen LogP contribution in [0, 0.1) is 0 Å². The van der Waals surface area contributed by atoms with Crippen LogP contribution in [0.25, 0.3) is 0 Å². The number of oxime groups is 1. The first-order chi connectivity index (χ1) is 6.70. The van der Waals surface area contributed by atoms with Crippen molar-refractivity contribution in [3.8, 4) is 5.75 Å². The quantitative estimate of drug-likeness (QED) is 0.316. The molecule has 0 aliphatic heterocycles. The van der Waals surface area contributed by atoms with E-state index in [1.165, 1.54) is 12.1 Å². The summed E-state index contributed by atoms with van der Waals surface area (Å²) in [6.07, 6.45) is 0. The fourth-order valence-corrected chi connectivity index (χ4v) is 0.975. The van der Waals surface area contributed by atoms with Crippen molar-refractivity contribution < 1.29 is 19.8 Å². The van der Waals surface area contributed by atoms with Gasteiger partial charge in [-0.2, -0.15) is 0 Å². The van der Waals surface area contributed by atoms with Crippen molar-refractivity contribution in [1.82, 2.24) is 0 Å².